The maximum atomic E-state index is 13.1. The van der Waals surface area contributed by atoms with Crippen LogP contribution in [0, 0.1) is 12.7 Å². The molecule has 0 heterocycles. The summed E-state index contributed by atoms with van der Waals surface area (Å²) < 4.78 is 18.7. The Morgan fingerprint density at radius 1 is 1.22 bits per heavy atom. The predicted molar refractivity (Wildman–Crippen MR) is 67.4 cm³/mol. The van der Waals surface area contributed by atoms with Gasteiger partial charge in [-0.15, -0.1) is 0 Å². The monoisotopic (exact) mass is 248 g/mol. The summed E-state index contributed by atoms with van der Waals surface area (Å²) in [6.07, 6.45) is 4.49. The van der Waals surface area contributed by atoms with Crippen LogP contribution in [0.15, 0.2) is 41.6 Å². The molecule has 2 rings (SSSR count). The maximum absolute atomic E-state index is 13.1. The number of hydrogen-bond acceptors (Lipinski definition) is 3. The van der Waals surface area contributed by atoms with E-state index in [1.807, 2.05) is 0 Å². The Kier molecular flexibility index (Phi) is 3.84. The summed E-state index contributed by atoms with van der Waals surface area (Å²) in [4.78, 5) is 0. The van der Waals surface area contributed by atoms with Gasteiger partial charge in [0.2, 0.25) is 0 Å². The molecule has 2 N–H and O–H groups in total. The molecule has 5 heteroatoms. The van der Waals surface area contributed by atoms with E-state index < -0.39 is 7.12 Å². The molecule has 0 aromatic heterocycles. The van der Waals surface area contributed by atoms with Gasteiger partial charge in [-0.3, -0.25) is 0 Å². The first-order valence-corrected chi connectivity index (χ1v) is 5.76. The van der Waals surface area contributed by atoms with Crippen LogP contribution in [0.5, 0.6) is 5.75 Å². The fraction of sp³-hybridized carbons (Fsp3) is 0.231. The van der Waals surface area contributed by atoms with Crippen molar-refractivity contribution in [1.29, 1.82) is 0 Å². The first-order chi connectivity index (χ1) is 8.56. The second-order valence-corrected chi connectivity index (χ2v) is 4.26. The van der Waals surface area contributed by atoms with E-state index in [4.69, 9.17) is 14.8 Å². The predicted octanol–water partition coefficient (Wildman–Crippen LogP) is 2.13. The number of ether oxygens (including phenoxy) is 1. The lowest BCUT2D eigenvalue weighted by Crippen LogP contribution is -2.17. The van der Waals surface area contributed by atoms with Crippen molar-refractivity contribution in [2.75, 3.05) is 0 Å². The summed E-state index contributed by atoms with van der Waals surface area (Å²) in [6, 6.07) is 4.58. The molecule has 0 unspecified atom stereocenters. The van der Waals surface area contributed by atoms with E-state index >= 15 is 0 Å². The number of allylic oxidation sites excluding steroid dienone is 4. The summed E-state index contributed by atoms with van der Waals surface area (Å²) >= 11 is 0. The second-order valence-electron chi connectivity index (χ2n) is 4.26. The maximum Gasteiger partial charge on any atom is 0.484 e. The molecule has 3 nitrogen and oxygen atoms in total. The van der Waals surface area contributed by atoms with E-state index in [1.165, 1.54) is 6.07 Å². The molecule has 1 aromatic rings. The van der Waals surface area contributed by atoms with Gasteiger partial charge in [0.15, 0.2) is 0 Å². The van der Waals surface area contributed by atoms with Gasteiger partial charge in [0.1, 0.15) is 17.3 Å². The number of halogens is 1. The molecule has 1 aliphatic rings. The molecule has 0 fully saturated rings. The lowest BCUT2D eigenvalue weighted by molar-refractivity contribution is 0.392. The van der Waals surface area contributed by atoms with Crippen molar-refractivity contribution in [1.82, 2.24) is 0 Å². The normalized spacial score (nSPS) is 14.9. The van der Waals surface area contributed by atoms with Gasteiger partial charge in [-0.1, -0.05) is 6.08 Å². The summed E-state index contributed by atoms with van der Waals surface area (Å²) in [6.45, 7) is 1.68. The van der Waals surface area contributed by atoms with Crippen LogP contribution in [-0.4, -0.2) is 17.2 Å². The summed E-state index contributed by atoms with van der Waals surface area (Å²) in [5.41, 5.74) is 1.10. The van der Waals surface area contributed by atoms with Gasteiger partial charge in [0, 0.05) is 6.42 Å². The average Bonchev–Trinajstić information content (AvgIpc) is 2.34. The fourth-order valence-electron chi connectivity index (χ4n) is 1.77. The summed E-state index contributed by atoms with van der Waals surface area (Å²) in [5.74, 6) is 1.05. The van der Waals surface area contributed by atoms with Gasteiger partial charge in [0.05, 0.1) is 0 Å². The zero-order valence-corrected chi connectivity index (χ0v) is 10.1. The van der Waals surface area contributed by atoms with Crippen LogP contribution in [0.3, 0.4) is 0 Å². The van der Waals surface area contributed by atoms with Crippen LogP contribution in [-0.2, 0) is 0 Å². The van der Waals surface area contributed by atoms with E-state index in [9.17, 15) is 4.39 Å². The molecule has 0 amide bonds. The van der Waals surface area contributed by atoms with Crippen molar-refractivity contribution >= 4 is 7.12 Å². The van der Waals surface area contributed by atoms with Crippen molar-refractivity contribution in [2.24, 2.45) is 0 Å². The smallest absolute Gasteiger partial charge is 0.462 e. The SMILES string of the molecule is Cc1cc(OC2=CC=C(B(O)O)CC2)ccc1F. The summed E-state index contributed by atoms with van der Waals surface area (Å²) in [5, 5.41) is 18.0. The molecule has 0 atom stereocenters. The molecule has 0 saturated carbocycles. The van der Waals surface area contributed by atoms with Gasteiger partial charge in [-0.2, -0.15) is 0 Å². The van der Waals surface area contributed by atoms with Crippen molar-refractivity contribution in [2.45, 2.75) is 19.8 Å². The number of rotatable bonds is 3. The summed E-state index contributed by atoms with van der Waals surface area (Å²) in [7, 11) is -1.41. The Morgan fingerprint density at radius 2 is 2.00 bits per heavy atom. The van der Waals surface area contributed by atoms with Gasteiger partial charge >= 0.3 is 7.12 Å². The van der Waals surface area contributed by atoms with Crippen LogP contribution < -0.4 is 4.74 Å². The lowest BCUT2D eigenvalue weighted by Gasteiger charge is -2.15. The Hall–Kier alpha value is -1.59. The molecular formula is C13H14BFO3. The molecule has 18 heavy (non-hydrogen) atoms. The Bertz CT molecular complexity index is 509. The standard InChI is InChI=1S/C13H14BFO3/c1-9-8-12(6-7-13(9)15)18-11-4-2-10(3-5-11)14(16)17/h2,4,6-8,16-17H,3,5H2,1H3. The first-order valence-electron chi connectivity index (χ1n) is 5.76. The molecule has 1 aromatic carbocycles. The molecule has 0 radical (unpaired) electrons. The molecular weight excluding hydrogens is 234 g/mol. The van der Waals surface area contributed by atoms with Gasteiger partial charge in [0.25, 0.3) is 0 Å². The third kappa shape index (κ3) is 3.00. The highest BCUT2D eigenvalue weighted by atomic mass is 19.1. The zero-order chi connectivity index (χ0) is 13.1. The quantitative estimate of drug-likeness (QED) is 0.805. The van der Waals surface area contributed by atoms with Crippen molar-refractivity contribution in [3.63, 3.8) is 0 Å². The van der Waals surface area contributed by atoms with Crippen molar-refractivity contribution in [3.05, 3.63) is 53.0 Å². The van der Waals surface area contributed by atoms with E-state index in [0.29, 0.717) is 29.6 Å². The molecule has 1 aliphatic carbocycles. The fourth-order valence-corrected chi connectivity index (χ4v) is 1.77. The Labute approximate surface area is 105 Å². The highest BCUT2D eigenvalue weighted by Gasteiger charge is 2.18. The lowest BCUT2D eigenvalue weighted by atomic mass is 9.75. The molecule has 0 bridgehead atoms. The largest absolute Gasteiger partial charge is 0.484 e. The van der Waals surface area contributed by atoms with Crippen molar-refractivity contribution < 1.29 is 19.2 Å². The number of benzene rings is 1. The second kappa shape index (κ2) is 5.37. The number of aryl methyl sites for hydroxylation is 1. The zero-order valence-electron chi connectivity index (χ0n) is 10.1. The van der Waals surface area contributed by atoms with Crippen LogP contribution >= 0.6 is 0 Å². The Balaban J connectivity index is 2.09. The minimum Gasteiger partial charge on any atom is -0.462 e. The van der Waals surface area contributed by atoms with Crippen LogP contribution in [0.1, 0.15) is 18.4 Å². The highest BCUT2D eigenvalue weighted by Crippen LogP contribution is 2.24. The average molecular weight is 248 g/mol. The van der Waals surface area contributed by atoms with E-state index in [0.717, 1.165) is 5.76 Å². The first kappa shape index (κ1) is 12.9. The Morgan fingerprint density at radius 3 is 2.56 bits per heavy atom. The highest BCUT2D eigenvalue weighted by molar-refractivity contribution is 6.50. The minimum absolute atomic E-state index is 0.259. The molecule has 0 saturated heterocycles. The number of hydrogen-bond donors (Lipinski definition) is 2. The molecule has 94 valence electrons. The molecule has 0 aliphatic heterocycles. The third-order valence-corrected chi connectivity index (χ3v) is 2.85. The van der Waals surface area contributed by atoms with Gasteiger partial charge < -0.3 is 14.8 Å². The van der Waals surface area contributed by atoms with Crippen LogP contribution in [0.2, 0.25) is 0 Å². The van der Waals surface area contributed by atoms with Crippen LogP contribution in [0.4, 0.5) is 4.39 Å². The van der Waals surface area contributed by atoms with Gasteiger partial charge in [-0.25, -0.2) is 4.39 Å². The van der Waals surface area contributed by atoms with Crippen molar-refractivity contribution in [3.8, 4) is 5.75 Å². The molecule has 0 spiro atoms. The van der Waals surface area contributed by atoms with Crippen LogP contribution in [0.25, 0.3) is 0 Å². The van der Waals surface area contributed by atoms with E-state index in [2.05, 4.69) is 0 Å². The third-order valence-electron chi connectivity index (χ3n) is 2.85. The van der Waals surface area contributed by atoms with E-state index in [1.54, 1.807) is 31.2 Å². The van der Waals surface area contributed by atoms with Gasteiger partial charge in [-0.05, 0) is 48.7 Å². The van der Waals surface area contributed by atoms with E-state index in [-0.39, 0.29) is 5.82 Å². The minimum atomic E-state index is -1.41. The topological polar surface area (TPSA) is 49.7 Å².